The predicted molar refractivity (Wildman–Crippen MR) is 128 cm³/mol. The molecule has 0 aromatic heterocycles. The molecule has 2 aliphatic rings. The van der Waals surface area contributed by atoms with E-state index >= 15 is 0 Å². The number of aryl methyl sites for hydroxylation is 2. The van der Waals surface area contributed by atoms with E-state index < -0.39 is 22.0 Å². The van der Waals surface area contributed by atoms with E-state index in [0.29, 0.717) is 47.8 Å². The predicted octanol–water partition coefficient (Wildman–Crippen LogP) is 3.07. The molecular formula is C24H29N3O6S. The minimum atomic E-state index is -3.88. The van der Waals surface area contributed by atoms with Crippen LogP contribution in [0.4, 0.5) is 11.4 Å². The van der Waals surface area contributed by atoms with Crippen molar-refractivity contribution in [3.8, 4) is 11.5 Å². The number of hydrogen-bond acceptors (Lipinski definition) is 6. The summed E-state index contributed by atoms with van der Waals surface area (Å²) in [5.41, 5.74) is 2.47. The van der Waals surface area contributed by atoms with Gasteiger partial charge in [-0.05, 0) is 62.9 Å². The number of hydrogen-bond donors (Lipinski definition) is 2. The van der Waals surface area contributed by atoms with E-state index in [1.54, 1.807) is 26.0 Å². The zero-order valence-electron chi connectivity index (χ0n) is 19.7. The minimum Gasteiger partial charge on any atom is -0.495 e. The van der Waals surface area contributed by atoms with Gasteiger partial charge in [-0.1, -0.05) is 6.07 Å². The number of sulfonamides is 1. The van der Waals surface area contributed by atoms with Gasteiger partial charge in [-0.25, -0.2) is 8.42 Å². The fourth-order valence-corrected chi connectivity index (χ4v) is 6.03. The largest absolute Gasteiger partial charge is 0.495 e. The first-order valence-electron chi connectivity index (χ1n) is 11.2. The highest BCUT2D eigenvalue weighted by molar-refractivity contribution is 7.89. The number of benzene rings is 2. The van der Waals surface area contributed by atoms with Crippen molar-refractivity contribution in [1.82, 2.24) is 4.31 Å². The Balaban J connectivity index is 1.55. The van der Waals surface area contributed by atoms with Crippen molar-refractivity contribution in [2.24, 2.45) is 5.92 Å². The molecule has 9 nitrogen and oxygen atoms in total. The minimum absolute atomic E-state index is 0.0762. The van der Waals surface area contributed by atoms with Gasteiger partial charge in [0, 0.05) is 19.2 Å². The number of piperidine rings is 1. The van der Waals surface area contributed by atoms with Gasteiger partial charge in [0.1, 0.15) is 11.5 Å². The van der Waals surface area contributed by atoms with Gasteiger partial charge in [-0.3, -0.25) is 9.59 Å². The van der Waals surface area contributed by atoms with Crippen LogP contribution in [-0.2, 0) is 19.6 Å². The quantitative estimate of drug-likeness (QED) is 0.670. The van der Waals surface area contributed by atoms with E-state index in [1.807, 2.05) is 19.1 Å². The third-order valence-corrected chi connectivity index (χ3v) is 8.20. The molecule has 0 aliphatic carbocycles. The van der Waals surface area contributed by atoms with E-state index in [1.165, 1.54) is 17.5 Å². The average Bonchev–Trinajstić information content (AvgIpc) is 2.80. The van der Waals surface area contributed by atoms with Crippen molar-refractivity contribution in [2.75, 3.05) is 30.8 Å². The van der Waals surface area contributed by atoms with E-state index in [2.05, 4.69) is 10.6 Å². The second-order valence-electron chi connectivity index (χ2n) is 8.76. The maximum atomic E-state index is 13.5. The fourth-order valence-electron chi connectivity index (χ4n) is 4.29. The summed E-state index contributed by atoms with van der Waals surface area (Å²) >= 11 is 0. The monoisotopic (exact) mass is 487 g/mol. The van der Waals surface area contributed by atoms with Crippen LogP contribution in [0.25, 0.3) is 0 Å². The summed E-state index contributed by atoms with van der Waals surface area (Å²) < 4.78 is 39.4. The number of nitrogens with one attached hydrogen (secondary N) is 2. The van der Waals surface area contributed by atoms with Gasteiger partial charge in [0.05, 0.1) is 29.3 Å². The lowest BCUT2D eigenvalue weighted by Gasteiger charge is -2.32. The summed E-state index contributed by atoms with van der Waals surface area (Å²) in [5, 5.41) is 5.63. The molecular weight excluding hydrogens is 458 g/mol. The van der Waals surface area contributed by atoms with Gasteiger partial charge in [-0.15, -0.1) is 0 Å². The number of methoxy groups -OCH3 is 1. The van der Waals surface area contributed by atoms with Gasteiger partial charge < -0.3 is 20.1 Å². The van der Waals surface area contributed by atoms with Crippen LogP contribution >= 0.6 is 0 Å². The highest BCUT2D eigenvalue weighted by Crippen LogP contribution is 2.36. The van der Waals surface area contributed by atoms with Crippen molar-refractivity contribution in [1.29, 1.82) is 0 Å². The second kappa shape index (κ2) is 9.27. The van der Waals surface area contributed by atoms with E-state index in [0.717, 1.165) is 5.56 Å². The molecule has 34 heavy (non-hydrogen) atoms. The molecule has 2 N–H and O–H groups in total. The lowest BCUT2D eigenvalue weighted by molar-refractivity contribution is -0.123. The molecule has 0 spiro atoms. The van der Waals surface area contributed by atoms with Crippen LogP contribution in [-0.4, -0.2) is 50.8 Å². The number of nitrogens with zero attached hydrogens (tertiary/aromatic N) is 1. The third kappa shape index (κ3) is 4.60. The SMILES string of the molecule is COc1ccc(C)cc1NC(=O)[C@@H]1CCCN(S(=O)(=O)c2cc3c(cc2C)NC(=O)[C@H](C)O3)C1. The van der Waals surface area contributed by atoms with Gasteiger partial charge in [0.25, 0.3) is 5.91 Å². The lowest BCUT2D eigenvalue weighted by atomic mass is 9.98. The fraction of sp³-hybridized carbons (Fsp3) is 0.417. The lowest BCUT2D eigenvalue weighted by Crippen LogP contribution is -2.44. The zero-order valence-corrected chi connectivity index (χ0v) is 20.5. The van der Waals surface area contributed by atoms with Gasteiger partial charge in [0.2, 0.25) is 15.9 Å². The molecule has 10 heteroatoms. The summed E-state index contributed by atoms with van der Waals surface area (Å²) in [7, 11) is -2.35. The van der Waals surface area contributed by atoms with Crippen LogP contribution < -0.4 is 20.1 Å². The topological polar surface area (TPSA) is 114 Å². The molecule has 2 aromatic rings. The van der Waals surface area contributed by atoms with Crippen molar-refractivity contribution in [3.63, 3.8) is 0 Å². The van der Waals surface area contributed by atoms with E-state index in [9.17, 15) is 18.0 Å². The molecule has 182 valence electrons. The van der Waals surface area contributed by atoms with Crippen LogP contribution in [0.3, 0.4) is 0 Å². The summed E-state index contributed by atoms with van der Waals surface area (Å²) in [5.74, 6) is -0.162. The first-order chi connectivity index (χ1) is 16.1. The second-order valence-corrected chi connectivity index (χ2v) is 10.7. The Morgan fingerprint density at radius 3 is 2.74 bits per heavy atom. The number of amides is 2. The average molecular weight is 488 g/mol. The van der Waals surface area contributed by atoms with Gasteiger partial charge in [0.15, 0.2) is 6.10 Å². The Bertz CT molecular complexity index is 1240. The molecule has 4 rings (SSSR count). The molecule has 0 radical (unpaired) electrons. The third-order valence-electron chi connectivity index (χ3n) is 6.19. The maximum absolute atomic E-state index is 13.5. The Morgan fingerprint density at radius 1 is 1.24 bits per heavy atom. The smallest absolute Gasteiger partial charge is 0.265 e. The van der Waals surface area contributed by atoms with Crippen molar-refractivity contribution >= 4 is 33.2 Å². The van der Waals surface area contributed by atoms with Crippen LogP contribution in [0.15, 0.2) is 35.2 Å². The molecule has 2 heterocycles. The molecule has 0 saturated carbocycles. The van der Waals surface area contributed by atoms with Crippen molar-refractivity contribution < 1.29 is 27.5 Å². The summed E-state index contributed by atoms with van der Waals surface area (Å²) in [6, 6.07) is 8.55. The number of carbonyl (C=O) groups excluding carboxylic acids is 2. The molecule has 1 saturated heterocycles. The van der Waals surface area contributed by atoms with E-state index in [4.69, 9.17) is 9.47 Å². The standard InChI is InChI=1S/C24H29N3O6S/c1-14-7-8-20(32-4)18(10-14)26-24(29)17-6-5-9-27(13-17)34(30,31)22-12-21-19(11-15(22)2)25-23(28)16(3)33-21/h7-8,10-12,16-17H,5-6,9,13H2,1-4H3,(H,25,28)(H,26,29)/t16-,17+/m0/s1. The summed E-state index contributed by atoms with van der Waals surface area (Å²) in [6.45, 7) is 5.59. The molecule has 1 fully saturated rings. The summed E-state index contributed by atoms with van der Waals surface area (Å²) in [4.78, 5) is 25.0. The first-order valence-corrected chi connectivity index (χ1v) is 12.6. The van der Waals surface area contributed by atoms with Crippen LogP contribution in [0.5, 0.6) is 11.5 Å². The number of carbonyl (C=O) groups is 2. The number of ether oxygens (including phenoxy) is 2. The number of fused-ring (bicyclic) bond motifs is 1. The molecule has 2 aliphatic heterocycles. The molecule has 2 aromatic carbocycles. The Labute approximate surface area is 199 Å². The molecule has 2 atom stereocenters. The van der Waals surface area contributed by atoms with Crippen molar-refractivity contribution in [3.05, 3.63) is 41.5 Å². The Kier molecular flexibility index (Phi) is 6.55. The molecule has 2 amide bonds. The summed E-state index contributed by atoms with van der Waals surface area (Å²) in [6.07, 6.45) is 0.435. The Hall–Kier alpha value is -3.11. The number of rotatable bonds is 5. The normalized spacial score (nSPS) is 20.6. The highest BCUT2D eigenvalue weighted by Gasteiger charge is 2.35. The maximum Gasteiger partial charge on any atom is 0.265 e. The van der Waals surface area contributed by atoms with Crippen LogP contribution in [0, 0.1) is 19.8 Å². The molecule has 0 unspecified atom stereocenters. The zero-order chi connectivity index (χ0) is 24.6. The highest BCUT2D eigenvalue weighted by atomic mass is 32.2. The van der Waals surface area contributed by atoms with E-state index in [-0.39, 0.29) is 23.3 Å². The van der Waals surface area contributed by atoms with Crippen LogP contribution in [0.1, 0.15) is 30.9 Å². The first kappa shape index (κ1) is 24.0. The van der Waals surface area contributed by atoms with Gasteiger partial charge >= 0.3 is 0 Å². The Morgan fingerprint density at radius 2 is 2.00 bits per heavy atom. The van der Waals surface area contributed by atoms with Crippen molar-refractivity contribution in [2.45, 2.75) is 44.6 Å². The number of anilines is 2. The molecule has 0 bridgehead atoms. The van der Waals surface area contributed by atoms with Crippen LogP contribution in [0.2, 0.25) is 0 Å². The van der Waals surface area contributed by atoms with Gasteiger partial charge in [-0.2, -0.15) is 4.31 Å².